The molecule has 0 unspecified atom stereocenters. The summed E-state index contributed by atoms with van der Waals surface area (Å²) >= 11 is 3.66. The van der Waals surface area contributed by atoms with Crippen molar-refractivity contribution in [2.75, 3.05) is 24.6 Å². The van der Waals surface area contributed by atoms with Crippen LogP contribution in [-0.2, 0) is 18.6 Å². The quantitative estimate of drug-likeness (QED) is 0.618. The number of nitrogens with zero attached hydrogens (tertiary/aromatic N) is 3. The number of aliphatic hydroxyl groups is 1. The van der Waals surface area contributed by atoms with Gasteiger partial charge in [0.2, 0.25) is 0 Å². The molecule has 0 saturated carbocycles. The number of aryl methyl sites for hydroxylation is 2. The van der Waals surface area contributed by atoms with E-state index < -0.39 is 0 Å². The van der Waals surface area contributed by atoms with E-state index >= 15 is 0 Å². The van der Waals surface area contributed by atoms with Crippen molar-refractivity contribution in [1.29, 1.82) is 0 Å². The highest BCUT2D eigenvalue weighted by Gasteiger charge is 2.27. The van der Waals surface area contributed by atoms with Crippen LogP contribution in [-0.4, -0.2) is 34.8 Å². The van der Waals surface area contributed by atoms with Gasteiger partial charge in [-0.2, -0.15) is 0 Å². The summed E-state index contributed by atoms with van der Waals surface area (Å²) in [5.41, 5.74) is 1.49. The fourth-order valence-electron chi connectivity index (χ4n) is 4.38. The largest absolute Gasteiger partial charge is 0.396 e. The number of hydrogen-bond donors (Lipinski definition) is 1. The van der Waals surface area contributed by atoms with Crippen molar-refractivity contribution < 1.29 is 5.11 Å². The molecule has 1 aromatic carbocycles. The molecule has 1 aliphatic heterocycles. The number of benzene rings is 1. The number of anilines is 1. The second-order valence-electron chi connectivity index (χ2n) is 7.74. The maximum atomic E-state index is 9.69. The van der Waals surface area contributed by atoms with Crippen LogP contribution in [0.25, 0.3) is 10.2 Å². The third kappa shape index (κ3) is 3.53. The number of thiophene rings is 1. The first kappa shape index (κ1) is 18.4. The summed E-state index contributed by atoms with van der Waals surface area (Å²) < 4.78 is 0. The van der Waals surface area contributed by atoms with E-state index in [0.717, 1.165) is 54.6 Å². The topological polar surface area (TPSA) is 49.2 Å². The van der Waals surface area contributed by atoms with E-state index in [9.17, 15) is 5.11 Å². The molecule has 0 radical (unpaired) electrons. The van der Waals surface area contributed by atoms with Crippen molar-refractivity contribution in [2.45, 2.75) is 42.8 Å². The fraction of sp³-hybridized carbons (Fsp3) is 0.455. The third-order valence-electron chi connectivity index (χ3n) is 5.78. The average Bonchev–Trinajstić information content (AvgIpc) is 3.33. The van der Waals surface area contributed by atoms with Crippen molar-refractivity contribution >= 4 is 39.1 Å². The number of fused-ring (bicyclic) bond motifs is 3. The Balaban J connectivity index is 1.52. The van der Waals surface area contributed by atoms with E-state index in [1.165, 1.54) is 33.6 Å². The maximum absolute atomic E-state index is 9.69. The Labute approximate surface area is 174 Å². The molecule has 1 saturated heterocycles. The highest BCUT2D eigenvalue weighted by atomic mass is 32.2. The minimum atomic E-state index is 0.267. The van der Waals surface area contributed by atoms with Gasteiger partial charge in [0.15, 0.2) is 0 Å². The Morgan fingerprint density at radius 3 is 2.89 bits per heavy atom. The minimum Gasteiger partial charge on any atom is -0.396 e. The van der Waals surface area contributed by atoms with Gasteiger partial charge in [-0.3, -0.25) is 0 Å². The van der Waals surface area contributed by atoms with Crippen molar-refractivity contribution in [3.8, 4) is 0 Å². The summed E-state index contributed by atoms with van der Waals surface area (Å²) in [7, 11) is 0. The summed E-state index contributed by atoms with van der Waals surface area (Å²) in [4.78, 5) is 16.4. The second kappa shape index (κ2) is 8.01. The number of piperidine rings is 1. The molecule has 28 heavy (non-hydrogen) atoms. The predicted octanol–water partition coefficient (Wildman–Crippen LogP) is 4.68. The lowest BCUT2D eigenvalue weighted by atomic mass is 9.98. The van der Waals surface area contributed by atoms with Crippen LogP contribution >= 0.6 is 23.1 Å². The Morgan fingerprint density at radius 1 is 1.14 bits per heavy atom. The first-order valence-electron chi connectivity index (χ1n) is 10.2. The van der Waals surface area contributed by atoms with Gasteiger partial charge in [0, 0.05) is 29.5 Å². The van der Waals surface area contributed by atoms with Crippen LogP contribution in [0, 0.1) is 5.92 Å². The molecular formula is C22H25N3OS2. The lowest BCUT2D eigenvalue weighted by Gasteiger charge is -2.33. The van der Waals surface area contributed by atoms with Gasteiger partial charge in [0.25, 0.3) is 0 Å². The molecule has 0 bridgehead atoms. The monoisotopic (exact) mass is 411 g/mol. The first-order valence-corrected chi connectivity index (χ1v) is 12.0. The van der Waals surface area contributed by atoms with Crippen molar-refractivity contribution in [2.24, 2.45) is 5.92 Å². The second-order valence-corrected chi connectivity index (χ2v) is 9.87. The van der Waals surface area contributed by atoms with E-state index in [4.69, 9.17) is 9.97 Å². The minimum absolute atomic E-state index is 0.267. The van der Waals surface area contributed by atoms with Gasteiger partial charge in [-0.1, -0.05) is 18.2 Å². The van der Waals surface area contributed by atoms with Crippen LogP contribution in [0.4, 0.5) is 5.82 Å². The zero-order valence-electron chi connectivity index (χ0n) is 15.9. The van der Waals surface area contributed by atoms with E-state index in [1.54, 1.807) is 11.8 Å². The normalized spacial score (nSPS) is 19.3. The molecule has 3 aromatic rings. The molecule has 0 spiro atoms. The summed E-state index contributed by atoms with van der Waals surface area (Å²) in [6.07, 6.45) is 5.82. The molecular weight excluding hydrogens is 386 g/mol. The molecule has 4 nitrogen and oxygen atoms in total. The molecule has 146 valence electrons. The van der Waals surface area contributed by atoms with Crippen LogP contribution < -0.4 is 4.90 Å². The van der Waals surface area contributed by atoms with E-state index in [-0.39, 0.29) is 6.61 Å². The molecule has 1 N–H and O–H groups in total. The fourth-order valence-corrected chi connectivity index (χ4v) is 6.43. The van der Waals surface area contributed by atoms with Crippen molar-refractivity contribution in [3.05, 3.63) is 46.6 Å². The first-order chi connectivity index (χ1) is 13.8. The number of aromatic nitrogens is 2. The van der Waals surface area contributed by atoms with Crippen LogP contribution in [0.5, 0.6) is 0 Å². The molecule has 5 rings (SSSR count). The molecule has 2 aromatic heterocycles. The Hall–Kier alpha value is -1.63. The van der Waals surface area contributed by atoms with Gasteiger partial charge < -0.3 is 10.0 Å². The van der Waals surface area contributed by atoms with E-state index in [0.29, 0.717) is 5.92 Å². The Kier molecular flexibility index (Phi) is 5.26. The third-order valence-corrected chi connectivity index (χ3v) is 7.97. The van der Waals surface area contributed by atoms with E-state index in [1.807, 2.05) is 17.4 Å². The highest BCUT2D eigenvalue weighted by Crippen LogP contribution is 2.41. The summed E-state index contributed by atoms with van der Waals surface area (Å²) in [5.74, 6) is 3.17. The highest BCUT2D eigenvalue weighted by molar-refractivity contribution is 7.98. The van der Waals surface area contributed by atoms with E-state index in [2.05, 4.69) is 29.2 Å². The van der Waals surface area contributed by atoms with Crippen LogP contribution in [0.15, 0.2) is 35.2 Å². The van der Waals surface area contributed by atoms with Crippen molar-refractivity contribution in [1.82, 2.24) is 9.97 Å². The lowest BCUT2D eigenvalue weighted by Crippen LogP contribution is -2.37. The van der Waals surface area contributed by atoms with Crippen molar-refractivity contribution in [3.63, 3.8) is 0 Å². The molecule has 3 heterocycles. The lowest BCUT2D eigenvalue weighted by molar-refractivity contribution is 0.208. The standard InChI is InChI=1S/C22H25N3OS2/c26-13-15-6-5-11-25(12-15)21-20-17-9-4-10-18(17)28-22(20)24-19(23-21)14-27-16-7-2-1-3-8-16/h1-3,7-8,15,26H,4-6,9-14H2/t15-/m0/s1. The van der Waals surface area contributed by atoms with Crippen LogP contribution in [0.1, 0.15) is 35.5 Å². The number of rotatable bonds is 5. The van der Waals surface area contributed by atoms with Gasteiger partial charge in [-0.25, -0.2) is 9.97 Å². The summed E-state index contributed by atoms with van der Waals surface area (Å²) in [6, 6.07) is 10.5. The van der Waals surface area contributed by atoms with Gasteiger partial charge in [-0.05, 0) is 55.7 Å². The van der Waals surface area contributed by atoms with Gasteiger partial charge >= 0.3 is 0 Å². The average molecular weight is 412 g/mol. The molecule has 2 aliphatic rings. The van der Waals surface area contributed by atoms with Gasteiger partial charge in [-0.15, -0.1) is 23.1 Å². The maximum Gasteiger partial charge on any atom is 0.142 e. The Bertz CT molecular complexity index is 973. The molecule has 6 heteroatoms. The molecule has 1 fully saturated rings. The number of thioether (sulfide) groups is 1. The number of aliphatic hydroxyl groups excluding tert-OH is 1. The molecule has 1 atom stereocenters. The zero-order valence-corrected chi connectivity index (χ0v) is 17.6. The summed E-state index contributed by atoms with van der Waals surface area (Å²) in [5, 5.41) is 11.0. The number of hydrogen-bond acceptors (Lipinski definition) is 6. The van der Waals surface area contributed by atoms with Gasteiger partial charge in [0.05, 0.1) is 11.1 Å². The smallest absolute Gasteiger partial charge is 0.142 e. The SMILES string of the molecule is OC[C@H]1CCCN(c2nc(CSc3ccccc3)nc3sc4c(c23)CCC4)C1. The molecule has 1 aliphatic carbocycles. The van der Waals surface area contributed by atoms with Crippen LogP contribution in [0.2, 0.25) is 0 Å². The summed E-state index contributed by atoms with van der Waals surface area (Å²) in [6.45, 7) is 2.19. The molecule has 0 amide bonds. The Morgan fingerprint density at radius 2 is 2.04 bits per heavy atom. The zero-order chi connectivity index (χ0) is 18.9. The van der Waals surface area contributed by atoms with Gasteiger partial charge in [0.1, 0.15) is 16.5 Å². The predicted molar refractivity (Wildman–Crippen MR) is 117 cm³/mol. The van der Waals surface area contributed by atoms with Crippen LogP contribution in [0.3, 0.4) is 0 Å².